The molecule has 1 saturated carbocycles. The predicted molar refractivity (Wildman–Crippen MR) is 109 cm³/mol. The van der Waals surface area contributed by atoms with Crippen LogP contribution in [0.1, 0.15) is 48.0 Å². The number of methoxy groups -OCH3 is 1. The molecule has 0 unspecified atom stereocenters. The van der Waals surface area contributed by atoms with Crippen molar-refractivity contribution in [3.05, 3.63) is 53.6 Å². The number of carbonyl (C=O) groups excluding carboxylic acids is 1. The number of hydrogen-bond donors (Lipinski definition) is 2. The van der Waals surface area contributed by atoms with Crippen LogP contribution < -0.4 is 14.8 Å². The van der Waals surface area contributed by atoms with Gasteiger partial charge in [-0.1, -0.05) is 37.0 Å². The number of hydrogen-bond acceptors (Lipinski definition) is 4. The molecule has 0 spiro atoms. The predicted octanol–water partition coefficient (Wildman–Crippen LogP) is 3.87. The van der Waals surface area contributed by atoms with Gasteiger partial charge in [-0.05, 0) is 50.1 Å². The molecular weight excluding hydrogens is 376 g/mol. The summed E-state index contributed by atoms with van der Waals surface area (Å²) in [7, 11) is -2.51. The first-order valence-corrected chi connectivity index (χ1v) is 11.0. The molecule has 6 nitrogen and oxygen atoms in total. The Morgan fingerprint density at radius 2 is 1.71 bits per heavy atom. The summed E-state index contributed by atoms with van der Waals surface area (Å²) in [5.41, 5.74) is 1.78. The van der Waals surface area contributed by atoms with Crippen molar-refractivity contribution in [1.82, 2.24) is 5.32 Å². The van der Waals surface area contributed by atoms with Gasteiger partial charge in [0.1, 0.15) is 10.6 Å². The molecule has 0 radical (unpaired) electrons. The molecule has 28 heavy (non-hydrogen) atoms. The highest BCUT2D eigenvalue weighted by Crippen LogP contribution is 2.27. The monoisotopic (exact) mass is 402 g/mol. The summed E-state index contributed by atoms with van der Waals surface area (Å²) in [6, 6.07) is 11.6. The maximum atomic E-state index is 12.9. The van der Waals surface area contributed by atoms with E-state index in [2.05, 4.69) is 10.0 Å². The fourth-order valence-electron chi connectivity index (χ4n) is 3.38. The molecule has 0 saturated heterocycles. The van der Waals surface area contributed by atoms with Gasteiger partial charge in [0.2, 0.25) is 0 Å². The lowest BCUT2D eigenvalue weighted by Gasteiger charge is -2.23. The average Bonchev–Trinajstić information content (AvgIpc) is 2.70. The van der Waals surface area contributed by atoms with Crippen LogP contribution in [0, 0.1) is 6.92 Å². The number of sulfonamides is 1. The Kier molecular flexibility index (Phi) is 6.24. The summed E-state index contributed by atoms with van der Waals surface area (Å²) >= 11 is 0. The first-order valence-electron chi connectivity index (χ1n) is 9.47. The van der Waals surface area contributed by atoms with Crippen LogP contribution in [0.2, 0.25) is 0 Å². The second-order valence-corrected chi connectivity index (χ2v) is 8.80. The number of benzene rings is 2. The Balaban J connectivity index is 1.85. The van der Waals surface area contributed by atoms with Crippen molar-refractivity contribution in [2.24, 2.45) is 0 Å². The van der Waals surface area contributed by atoms with Crippen LogP contribution >= 0.6 is 0 Å². The van der Waals surface area contributed by atoms with E-state index in [1.54, 1.807) is 18.2 Å². The third kappa shape index (κ3) is 4.84. The Morgan fingerprint density at radius 1 is 1.04 bits per heavy atom. The number of ether oxygens (including phenoxy) is 1. The topological polar surface area (TPSA) is 84.5 Å². The van der Waals surface area contributed by atoms with Crippen molar-refractivity contribution in [3.63, 3.8) is 0 Å². The molecule has 0 bridgehead atoms. The van der Waals surface area contributed by atoms with Gasteiger partial charge >= 0.3 is 0 Å². The molecule has 1 amide bonds. The van der Waals surface area contributed by atoms with Crippen LogP contribution in [0.15, 0.2) is 47.4 Å². The molecular formula is C21H26N2O4S. The smallest absolute Gasteiger partial charge is 0.265 e. The van der Waals surface area contributed by atoms with E-state index < -0.39 is 10.0 Å². The fraction of sp³-hybridized carbons (Fsp3) is 0.381. The minimum atomic E-state index is -3.91. The SMILES string of the molecule is COc1ccc(C(=O)NC2CCCCC2)cc1S(=O)(=O)Nc1ccc(C)cc1. The third-order valence-corrected chi connectivity index (χ3v) is 6.36. The molecule has 150 valence electrons. The van der Waals surface area contributed by atoms with Crippen molar-refractivity contribution >= 4 is 21.6 Å². The number of aryl methyl sites for hydroxylation is 1. The van der Waals surface area contributed by atoms with E-state index in [-0.39, 0.29) is 22.6 Å². The molecule has 0 aromatic heterocycles. The van der Waals surface area contributed by atoms with Crippen molar-refractivity contribution < 1.29 is 17.9 Å². The lowest BCUT2D eigenvalue weighted by molar-refractivity contribution is 0.0927. The summed E-state index contributed by atoms with van der Waals surface area (Å²) in [5, 5.41) is 3.01. The van der Waals surface area contributed by atoms with Gasteiger partial charge in [0.15, 0.2) is 0 Å². The van der Waals surface area contributed by atoms with Crippen LogP contribution in [0.5, 0.6) is 5.75 Å². The van der Waals surface area contributed by atoms with Gasteiger partial charge in [0.25, 0.3) is 15.9 Å². The van der Waals surface area contributed by atoms with Crippen molar-refractivity contribution in [2.45, 2.75) is 50.0 Å². The molecule has 0 atom stereocenters. The Morgan fingerprint density at radius 3 is 2.36 bits per heavy atom. The van der Waals surface area contributed by atoms with Gasteiger partial charge in [0.05, 0.1) is 7.11 Å². The number of nitrogens with one attached hydrogen (secondary N) is 2. The van der Waals surface area contributed by atoms with Gasteiger partial charge in [-0.25, -0.2) is 8.42 Å². The number of rotatable bonds is 6. The molecule has 0 heterocycles. The Hall–Kier alpha value is -2.54. The zero-order valence-corrected chi connectivity index (χ0v) is 17.0. The van der Waals surface area contributed by atoms with Crippen LogP contribution in [-0.2, 0) is 10.0 Å². The first-order chi connectivity index (χ1) is 13.4. The fourth-order valence-corrected chi connectivity index (χ4v) is 4.63. The van der Waals surface area contributed by atoms with Gasteiger partial charge in [-0.15, -0.1) is 0 Å². The minimum absolute atomic E-state index is 0.0631. The summed E-state index contributed by atoms with van der Waals surface area (Å²) in [5.74, 6) is -0.0739. The van der Waals surface area contributed by atoms with Crippen molar-refractivity contribution in [1.29, 1.82) is 0 Å². The first kappa shape index (κ1) is 20.2. The van der Waals surface area contributed by atoms with Crippen LogP contribution in [-0.4, -0.2) is 27.5 Å². The second kappa shape index (κ2) is 8.65. The quantitative estimate of drug-likeness (QED) is 0.768. The lowest BCUT2D eigenvalue weighted by Crippen LogP contribution is -2.36. The molecule has 2 N–H and O–H groups in total. The van der Waals surface area contributed by atoms with Crippen LogP contribution in [0.4, 0.5) is 5.69 Å². The lowest BCUT2D eigenvalue weighted by atomic mass is 9.95. The summed E-state index contributed by atoms with van der Waals surface area (Å²) < 4.78 is 33.6. The second-order valence-electron chi connectivity index (χ2n) is 7.15. The zero-order valence-electron chi connectivity index (χ0n) is 16.2. The highest BCUT2D eigenvalue weighted by Gasteiger charge is 2.23. The maximum Gasteiger partial charge on any atom is 0.265 e. The largest absolute Gasteiger partial charge is 0.495 e. The van der Waals surface area contributed by atoms with E-state index in [4.69, 9.17) is 4.74 Å². The molecule has 1 fully saturated rings. The van der Waals surface area contributed by atoms with Gasteiger partial charge in [0, 0.05) is 17.3 Å². The van der Waals surface area contributed by atoms with Crippen molar-refractivity contribution in [2.75, 3.05) is 11.8 Å². The normalized spacial score (nSPS) is 15.1. The van der Waals surface area contributed by atoms with Gasteiger partial charge in [-0.2, -0.15) is 0 Å². The highest BCUT2D eigenvalue weighted by atomic mass is 32.2. The van der Waals surface area contributed by atoms with E-state index in [0.29, 0.717) is 11.3 Å². The number of anilines is 1. The third-order valence-electron chi connectivity index (χ3n) is 4.96. The van der Waals surface area contributed by atoms with Crippen LogP contribution in [0.3, 0.4) is 0 Å². The van der Waals surface area contributed by atoms with E-state index in [0.717, 1.165) is 31.2 Å². The minimum Gasteiger partial charge on any atom is -0.495 e. The highest BCUT2D eigenvalue weighted by molar-refractivity contribution is 7.92. The summed E-state index contributed by atoms with van der Waals surface area (Å²) in [6.45, 7) is 1.93. The molecule has 3 rings (SSSR count). The van der Waals surface area contributed by atoms with Crippen molar-refractivity contribution in [3.8, 4) is 5.75 Å². The standard InChI is InChI=1S/C21H26N2O4S/c1-15-8-11-18(12-9-15)23-28(25,26)20-14-16(10-13-19(20)27-2)21(24)22-17-6-4-3-5-7-17/h8-14,17,23H,3-7H2,1-2H3,(H,22,24). The molecule has 2 aromatic carbocycles. The summed E-state index contributed by atoms with van der Waals surface area (Å²) in [6.07, 6.45) is 5.33. The van der Waals surface area contributed by atoms with Gasteiger partial charge < -0.3 is 10.1 Å². The van der Waals surface area contributed by atoms with E-state index >= 15 is 0 Å². The van der Waals surface area contributed by atoms with E-state index in [1.807, 2.05) is 19.1 Å². The molecule has 2 aromatic rings. The average molecular weight is 403 g/mol. The Labute approximate surface area is 166 Å². The maximum absolute atomic E-state index is 12.9. The molecule has 1 aliphatic rings. The number of amides is 1. The van der Waals surface area contributed by atoms with E-state index in [9.17, 15) is 13.2 Å². The van der Waals surface area contributed by atoms with Gasteiger partial charge in [-0.3, -0.25) is 9.52 Å². The Bertz CT molecular complexity index is 933. The molecule has 0 aliphatic heterocycles. The molecule has 1 aliphatic carbocycles. The molecule has 7 heteroatoms. The zero-order chi connectivity index (χ0) is 20.1. The van der Waals surface area contributed by atoms with E-state index in [1.165, 1.54) is 25.7 Å². The number of carbonyl (C=O) groups is 1. The van der Waals surface area contributed by atoms with Crippen LogP contribution in [0.25, 0.3) is 0 Å². The summed E-state index contributed by atoms with van der Waals surface area (Å²) in [4.78, 5) is 12.6.